The van der Waals surface area contributed by atoms with Crippen molar-refractivity contribution in [3.05, 3.63) is 77.6 Å². The maximum Gasteiger partial charge on any atom is 0.416 e. The number of nitrogens with zero attached hydrogens (tertiary/aromatic N) is 5. The van der Waals surface area contributed by atoms with Gasteiger partial charge in [0.2, 0.25) is 11.7 Å². The van der Waals surface area contributed by atoms with E-state index in [4.69, 9.17) is 5.73 Å². The van der Waals surface area contributed by atoms with Crippen molar-refractivity contribution in [2.45, 2.75) is 38.2 Å². The van der Waals surface area contributed by atoms with E-state index >= 15 is 4.39 Å². The summed E-state index contributed by atoms with van der Waals surface area (Å²) in [5, 5.41) is 13.8. The van der Waals surface area contributed by atoms with Crippen LogP contribution in [0.4, 0.5) is 29.2 Å². The first kappa shape index (κ1) is 29.2. The van der Waals surface area contributed by atoms with Gasteiger partial charge in [-0.15, -0.1) is 0 Å². The van der Waals surface area contributed by atoms with Crippen LogP contribution in [-0.4, -0.2) is 63.1 Å². The number of hydrogen-bond donors (Lipinski definition) is 3. The Kier molecular flexibility index (Phi) is 9.15. The van der Waals surface area contributed by atoms with Crippen LogP contribution < -0.4 is 16.0 Å². The Labute approximate surface area is 229 Å². The number of alkyl halides is 3. The Morgan fingerprint density at radius 1 is 1.20 bits per heavy atom. The Morgan fingerprint density at radius 3 is 2.50 bits per heavy atom. The molecule has 4 N–H and O–H groups in total. The van der Waals surface area contributed by atoms with Crippen LogP contribution in [0.5, 0.6) is 0 Å². The summed E-state index contributed by atoms with van der Waals surface area (Å²) < 4.78 is 54.1. The molecular formula is C27H31F4N7O2. The number of hydrogen-bond acceptors (Lipinski definition) is 8. The zero-order valence-corrected chi connectivity index (χ0v) is 21.9. The number of rotatable bonds is 10. The second-order valence-electron chi connectivity index (χ2n) is 9.65. The van der Waals surface area contributed by atoms with Crippen LogP contribution in [0.15, 0.2) is 55.1 Å². The number of pyridine rings is 1. The third kappa shape index (κ3) is 6.83. The normalized spacial score (nSPS) is 18.8. The van der Waals surface area contributed by atoms with Crippen molar-refractivity contribution in [1.82, 2.24) is 19.9 Å². The average molecular weight is 562 g/mol. The van der Waals surface area contributed by atoms with Gasteiger partial charge >= 0.3 is 6.18 Å². The molecule has 9 nitrogen and oxygen atoms in total. The second kappa shape index (κ2) is 12.6. The average Bonchev–Trinajstić information content (AvgIpc) is 2.92. The SMILES string of the molecule is CCN(Cc1ccc(C(F)(F)F)cc1)c1ncnc(NC[C@@H]2CCN(C(C(N)=O)c3ccncc3)C[C@H]2O)c1F. The van der Waals surface area contributed by atoms with Crippen LogP contribution in [-0.2, 0) is 17.5 Å². The van der Waals surface area contributed by atoms with Gasteiger partial charge in [-0.2, -0.15) is 17.6 Å². The van der Waals surface area contributed by atoms with Gasteiger partial charge < -0.3 is 21.1 Å². The first-order valence-electron chi connectivity index (χ1n) is 12.8. The molecule has 0 spiro atoms. The van der Waals surface area contributed by atoms with E-state index in [9.17, 15) is 23.1 Å². The number of aliphatic hydroxyl groups is 1. The first-order chi connectivity index (χ1) is 19.1. The fraction of sp³-hybridized carbons (Fsp3) is 0.407. The zero-order valence-electron chi connectivity index (χ0n) is 21.9. The molecule has 3 aromatic rings. The van der Waals surface area contributed by atoms with E-state index < -0.39 is 35.6 Å². The maximum absolute atomic E-state index is 15.4. The summed E-state index contributed by atoms with van der Waals surface area (Å²) in [5.74, 6) is -1.50. The second-order valence-corrected chi connectivity index (χ2v) is 9.65. The van der Waals surface area contributed by atoms with Gasteiger partial charge in [-0.3, -0.25) is 14.7 Å². The number of halogens is 4. The van der Waals surface area contributed by atoms with E-state index in [0.717, 1.165) is 12.1 Å². The predicted molar refractivity (Wildman–Crippen MR) is 141 cm³/mol. The quantitative estimate of drug-likeness (QED) is 0.323. The number of benzene rings is 1. The summed E-state index contributed by atoms with van der Waals surface area (Å²) in [4.78, 5) is 27.6. The summed E-state index contributed by atoms with van der Waals surface area (Å²) in [6.45, 7) is 3.21. The molecule has 3 heterocycles. The minimum atomic E-state index is -4.43. The highest BCUT2D eigenvalue weighted by atomic mass is 19.4. The lowest BCUT2D eigenvalue weighted by molar-refractivity contribution is -0.137. The number of piperidine rings is 1. The molecule has 1 fully saturated rings. The van der Waals surface area contributed by atoms with Gasteiger partial charge in [0, 0.05) is 44.5 Å². The Morgan fingerprint density at radius 2 is 1.90 bits per heavy atom. The van der Waals surface area contributed by atoms with Crippen molar-refractivity contribution in [3.63, 3.8) is 0 Å². The third-order valence-electron chi connectivity index (χ3n) is 7.05. The molecule has 0 bridgehead atoms. The highest BCUT2D eigenvalue weighted by Gasteiger charge is 2.35. The van der Waals surface area contributed by atoms with Gasteiger partial charge in [0.15, 0.2) is 11.6 Å². The predicted octanol–water partition coefficient (Wildman–Crippen LogP) is 3.38. The highest BCUT2D eigenvalue weighted by molar-refractivity contribution is 5.81. The van der Waals surface area contributed by atoms with E-state index in [1.165, 1.54) is 18.5 Å². The summed E-state index contributed by atoms with van der Waals surface area (Å²) in [5.41, 5.74) is 6.16. The fourth-order valence-electron chi connectivity index (χ4n) is 4.87. The Hall–Kier alpha value is -3.84. The Bertz CT molecular complexity index is 1280. The number of carbonyl (C=O) groups excluding carboxylic acids is 1. The molecule has 0 radical (unpaired) electrons. The molecule has 1 aliphatic rings. The number of aromatic nitrogens is 3. The minimum Gasteiger partial charge on any atom is -0.391 e. The molecule has 2 aromatic heterocycles. The van der Waals surface area contributed by atoms with Gasteiger partial charge in [-0.25, -0.2) is 9.97 Å². The maximum atomic E-state index is 15.4. The van der Waals surface area contributed by atoms with Crippen LogP contribution in [0.1, 0.15) is 36.1 Å². The van der Waals surface area contributed by atoms with Crippen molar-refractivity contribution in [2.24, 2.45) is 11.7 Å². The lowest BCUT2D eigenvalue weighted by atomic mass is 9.91. The van der Waals surface area contributed by atoms with E-state index in [0.29, 0.717) is 30.6 Å². The molecule has 0 aliphatic carbocycles. The van der Waals surface area contributed by atoms with E-state index in [2.05, 4.69) is 20.3 Å². The number of likely N-dealkylation sites (tertiary alicyclic amines) is 1. The molecule has 1 amide bonds. The highest BCUT2D eigenvalue weighted by Crippen LogP contribution is 2.31. The number of aliphatic hydroxyl groups excluding tert-OH is 1. The number of nitrogens with two attached hydrogens (primary N) is 1. The topological polar surface area (TPSA) is 120 Å². The van der Waals surface area contributed by atoms with Crippen molar-refractivity contribution >= 4 is 17.5 Å². The van der Waals surface area contributed by atoms with Crippen molar-refractivity contribution in [3.8, 4) is 0 Å². The Balaban J connectivity index is 1.39. The molecule has 40 heavy (non-hydrogen) atoms. The van der Waals surface area contributed by atoms with Crippen LogP contribution in [0.25, 0.3) is 0 Å². The monoisotopic (exact) mass is 561 g/mol. The van der Waals surface area contributed by atoms with Crippen LogP contribution >= 0.6 is 0 Å². The number of primary amides is 1. The molecule has 1 aliphatic heterocycles. The summed E-state index contributed by atoms with van der Waals surface area (Å²) in [6.07, 6.45) is -0.353. The van der Waals surface area contributed by atoms with Crippen LogP contribution in [0.3, 0.4) is 0 Å². The van der Waals surface area contributed by atoms with Crippen LogP contribution in [0.2, 0.25) is 0 Å². The van der Waals surface area contributed by atoms with Gasteiger partial charge in [-0.1, -0.05) is 12.1 Å². The number of amides is 1. The van der Waals surface area contributed by atoms with Crippen molar-refractivity contribution in [2.75, 3.05) is 36.4 Å². The molecule has 214 valence electrons. The molecule has 0 saturated carbocycles. The summed E-state index contributed by atoms with van der Waals surface area (Å²) >= 11 is 0. The summed E-state index contributed by atoms with van der Waals surface area (Å²) in [7, 11) is 0. The van der Waals surface area contributed by atoms with E-state index in [1.807, 2.05) is 4.90 Å². The fourth-order valence-corrected chi connectivity index (χ4v) is 4.87. The number of nitrogens with one attached hydrogen (secondary N) is 1. The molecule has 1 aromatic carbocycles. The van der Waals surface area contributed by atoms with E-state index in [1.54, 1.807) is 36.4 Å². The third-order valence-corrected chi connectivity index (χ3v) is 7.05. The summed E-state index contributed by atoms with van der Waals surface area (Å²) in [6, 6.07) is 7.42. The van der Waals surface area contributed by atoms with Gasteiger partial charge in [0.25, 0.3) is 0 Å². The minimum absolute atomic E-state index is 0.0110. The van der Waals surface area contributed by atoms with Crippen LogP contribution in [0, 0.1) is 11.7 Å². The molecular weight excluding hydrogens is 530 g/mol. The molecule has 4 rings (SSSR count). The first-order valence-corrected chi connectivity index (χ1v) is 12.8. The van der Waals surface area contributed by atoms with Gasteiger partial charge in [-0.05, 0) is 55.3 Å². The van der Waals surface area contributed by atoms with Crippen molar-refractivity contribution < 1.29 is 27.5 Å². The zero-order chi connectivity index (χ0) is 28.9. The largest absolute Gasteiger partial charge is 0.416 e. The van der Waals surface area contributed by atoms with Gasteiger partial charge in [0.05, 0.1) is 11.7 Å². The van der Waals surface area contributed by atoms with Crippen molar-refractivity contribution in [1.29, 1.82) is 0 Å². The standard InChI is InChI=1S/C27H31F4N7O2/c1-2-37(14-17-3-5-20(6-4-17)27(29,30)31)26-22(28)25(35-16-36-26)34-13-19-9-12-38(15-21(19)39)23(24(32)40)18-7-10-33-11-8-18/h3-8,10-11,16,19,21,23,39H,2,9,12-15H2,1H3,(H2,32,40)(H,34,35,36)/t19-,21+,23?/m0/s1. The molecule has 3 atom stereocenters. The van der Waals surface area contributed by atoms with Gasteiger partial charge in [0.1, 0.15) is 12.4 Å². The lowest BCUT2D eigenvalue weighted by Gasteiger charge is -2.39. The van der Waals surface area contributed by atoms with E-state index in [-0.39, 0.29) is 37.2 Å². The number of carbonyl (C=O) groups is 1. The smallest absolute Gasteiger partial charge is 0.391 e. The lowest BCUT2D eigenvalue weighted by Crippen LogP contribution is -2.50. The molecule has 1 saturated heterocycles. The molecule has 1 unspecified atom stereocenters. The number of anilines is 2. The molecule has 13 heteroatoms. The number of β-amino-alcohol motifs (C(OH)–C–C–N with tert-alkyl or cyclic N) is 1.